The molecule has 0 aliphatic carbocycles. The summed E-state index contributed by atoms with van der Waals surface area (Å²) in [4.78, 5) is 11.9. The number of hydrogen-bond acceptors (Lipinski definition) is 4. The first-order valence-corrected chi connectivity index (χ1v) is 5.90. The summed E-state index contributed by atoms with van der Waals surface area (Å²) in [5.41, 5.74) is -3.56. The van der Waals surface area contributed by atoms with E-state index < -0.39 is 42.2 Å². The van der Waals surface area contributed by atoms with Crippen LogP contribution in [0, 0.1) is 0 Å². The normalized spacial score (nSPS) is 18.1. The van der Waals surface area contributed by atoms with Crippen molar-refractivity contribution in [1.29, 1.82) is 0 Å². The first-order valence-electron chi connectivity index (χ1n) is 8.34. The number of anilines is 1. The van der Waals surface area contributed by atoms with E-state index in [4.69, 9.17) is 11.6 Å². The minimum atomic E-state index is -5.32. The Morgan fingerprint density at radius 1 is 1.45 bits per heavy atom. The summed E-state index contributed by atoms with van der Waals surface area (Å²) in [6.45, 7) is -3.30. The number of carbonyl (C=O) groups excluding carboxylic acids is 1. The Balaban J connectivity index is 2.40. The molecule has 1 amide bonds. The molecule has 1 aromatic heterocycles. The summed E-state index contributed by atoms with van der Waals surface area (Å²) >= 11 is 0. The molecule has 22 heavy (non-hydrogen) atoms. The first kappa shape index (κ1) is 10.3. The predicted octanol–water partition coefficient (Wildman–Crippen LogP) is 4.13. The molecule has 0 spiro atoms. The van der Waals surface area contributed by atoms with Gasteiger partial charge in [0, 0.05) is 10.2 Å². The van der Waals surface area contributed by atoms with Gasteiger partial charge in [0.15, 0.2) is 13.0 Å². The van der Waals surface area contributed by atoms with Crippen molar-refractivity contribution >= 4 is 11.9 Å². The van der Waals surface area contributed by atoms with Crippen molar-refractivity contribution in [3.63, 3.8) is 0 Å². The van der Waals surface area contributed by atoms with Gasteiger partial charge in [0.05, 0.1) is 1.37 Å². The molecular formula is C14H13F3N2O3. The molecule has 1 atom stereocenters. The van der Waals surface area contributed by atoms with Gasteiger partial charge in [-0.25, -0.2) is 4.79 Å². The molecule has 1 unspecified atom stereocenters. The van der Waals surface area contributed by atoms with Crippen LogP contribution in [0.4, 0.5) is 23.8 Å². The number of ether oxygens (including phenoxy) is 1. The number of benzene rings is 1. The molecule has 1 aromatic carbocycles. The van der Waals surface area contributed by atoms with E-state index in [2.05, 4.69) is 9.68 Å². The zero-order valence-corrected chi connectivity index (χ0v) is 11.1. The van der Waals surface area contributed by atoms with E-state index in [1.807, 2.05) is 0 Å². The number of alkyl halides is 3. The van der Waals surface area contributed by atoms with E-state index in [1.165, 1.54) is 24.3 Å². The summed E-state index contributed by atoms with van der Waals surface area (Å²) in [6.07, 6.45) is -6.69. The SMILES string of the molecule is [2H]c1c(N([2H])C(=O)Oc2ccccc2)noc1C(C)(C([2H])([2H])[2H])C(F)(F)F. The predicted molar refractivity (Wildman–Crippen MR) is 71.7 cm³/mol. The molecule has 0 fully saturated rings. The molecule has 0 aliphatic rings. The Morgan fingerprint density at radius 3 is 2.73 bits per heavy atom. The highest BCUT2D eigenvalue weighted by Crippen LogP contribution is 2.40. The number of hydrogen-bond donors (Lipinski definition) is 1. The second-order valence-corrected chi connectivity index (χ2v) is 4.38. The molecule has 2 rings (SSSR count). The van der Waals surface area contributed by atoms with Gasteiger partial charge in [0.1, 0.15) is 11.2 Å². The van der Waals surface area contributed by atoms with Gasteiger partial charge in [0.2, 0.25) is 0 Å². The third kappa shape index (κ3) is 3.38. The third-order valence-electron chi connectivity index (χ3n) is 2.62. The van der Waals surface area contributed by atoms with E-state index in [1.54, 1.807) is 6.07 Å². The van der Waals surface area contributed by atoms with E-state index >= 15 is 0 Å². The largest absolute Gasteiger partial charge is 0.418 e. The molecule has 0 aliphatic heterocycles. The molecule has 118 valence electrons. The van der Waals surface area contributed by atoms with Crippen molar-refractivity contribution in [3.05, 3.63) is 42.1 Å². The van der Waals surface area contributed by atoms with Gasteiger partial charge >= 0.3 is 12.3 Å². The number of halogens is 3. The number of para-hydroxylation sites is 1. The Bertz CT molecular complexity index is 810. The maximum atomic E-state index is 13.4. The Hall–Kier alpha value is -2.51. The van der Waals surface area contributed by atoms with Crippen molar-refractivity contribution in [2.45, 2.75) is 25.4 Å². The smallest absolute Gasteiger partial charge is 0.410 e. The third-order valence-corrected chi connectivity index (χ3v) is 2.62. The fourth-order valence-electron chi connectivity index (χ4n) is 1.33. The minimum absolute atomic E-state index is 0.0395. The molecule has 8 heteroatoms. The van der Waals surface area contributed by atoms with Gasteiger partial charge in [-0.15, -0.1) is 0 Å². The average molecular weight is 319 g/mol. The Morgan fingerprint density at radius 2 is 2.14 bits per heavy atom. The zero-order valence-electron chi connectivity index (χ0n) is 16.1. The van der Waals surface area contributed by atoms with Crippen LogP contribution in [0.2, 0.25) is 1.41 Å². The Kier molecular flexibility index (Phi) is 2.66. The van der Waals surface area contributed by atoms with Crippen molar-refractivity contribution in [3.8, 4) is 5.75 Å². The van der Waals surface area contributed by atoms with Gasteiger partial charge in [0.25, 0.3) is 0 Å². The van der Waals surface area contributed by atoms with E-state index in [0.29, 0.717) is 6.92 Å². The molecule has 0 bridgehead atoms. The number of rotatable bonds is 3. The summed E-state index contributed by atoms with van der Waals surface area (Å²) in [6, 6.07) is 6.31. The summed E-state index contributed by atoms with van der Waals surface area (Å²) in [7, 11) is 0. The number of amides is 1. The van der Waals surface area contributed by atoms with Crippen LogP contribution in [-0.4, -0.2) is 17.4 Å². The molecule has 1 N–H and O–H groups in total. The second-order valence-electron chi connectivity index (χ2n) is 4.38. The van der Waals surface area contributed by atoms with E-state index in [-0.39, 0.29) is 11.1 Å². The second kappa shape index (κ2) is 5.70. The van der Waals surface area contributed by atoms with Crippen molar-refractivity contribution in [2.75, 3.05) is 5.31 Å². The number of carbonyl (C=O) groups is 1. The number of nitrogens with zero attached hydrogens (tertiary/aromatic N) is 1. The lowest BCUT2D eigenvalue weighted by molar-refractivity contribution is -0.185. The topological polar surface area (TPSA) is 64.4 Å². The minimum Gasteiger partial charge on any atom is -0.410 e. The molecule has 0 radical (unpaired) electrons. The standard InChI is InChI=1S/C14H13F3N2O3/c1-13(2,14(15,16)17)10-8-11(19-22-10)18-12(20)21-9-6-4-3-5-7-9/h3-8H,1-2H3,(H,18,19,20)/i1D3,8D/hD. The van der Waals surface area contributed by atoms with Gasteiger partial charge in [-0.1, -0.05) is 23.4 Å². The van der Waals surface area contributed by atoms with Crippen LogP contribution in [0.25, 0.3) is 0 Å². The van der Waals surface area contributed by atoms with Crippen LogP contribution < -0.4 is 10.0 Å². The monoisotopic (exact) mass is 319 g/mol. The van der Waals surface area contributed by atoms with Gasteiger partial charge in [-0.05, 0) is 25.9 Å². The highest BCUT2D eigenvalue weighted by Gasteiger charge is 2.51. The summed E-state index contributed by atoms with van der Waals surface area (Å²) in [5.74, 6) is -2.24. The quantitative estimate of drug-likeness (QED) is 0.924. The molecule has 5 nitrogen and oxygen atoms in total. The van der Waals surface area contributed by atoms with Crippen LogP contribution in [0.1, 0.15) is 25.0 Å². The van der Waals surface area contributed by atoms with Crippen molar-refractivity contribution in [2.24, 2.45) is 0 Å². The fourth-order valence-corrected chi connectivity index (χ4v) is 1.33. The zero-order chi connectivity index (χ0) is 20.6. The highest BCUT2D eigenvalue weighted by atomic mass is 19.4. The van der Waals surface area contributed by atoms with Crippen LogP contribution in [0.5, 0.6) is 5.75 Å². The van der Waals surface area contributed by atoms with Gasteiger partial charge < -0.3 is 9.26 Å². The maximum absolute atomic E-state index is 13.4. The lowest BCUT2D eigenvalue weighted by Gasteiger charge is -2.24. The number of nitrogens with one attached hydrogen (secondary N) is 1. The summed E-state index contributed by atoms with van der Waals surface area (Å²) < 4.78 is 86.6. The lowest BCUT2D eigenvalue weighted by Crippen LogP contribution is -2.35. The lowest BCUT2D eigenvalue weighted by atomic mass is 9.89. The first-order chi connectivity index (χ1) is 12.3. The van der Waals surface area contributed by atoms with Gasteiger partial charge in [-0.3, -0.25) is 5.31 Å². The van der Waals surface area contributed by atoms with E-state index in [9.17, 15) is 18.0 Å². The van der Waals surface area contributed by atoms with Crippen molar-refractivity contribution < 1.29 is 34.1 Å². The van der Waals surface area contributed by atoms with Crippen LogP contribution in [-0.2, 0) is 5.41 Å². The van der Waals surface area contributed by atoms with Crippen LogP contribution >= 0.6 is 0 Å². The molecule has 0 saturated heterocycles. The Labute approximate surface area is 131 Å². The molecular weight excluding hydrogens is 301 g/mol. The van der Waals surface area contributed by atoms with E-state index in [0.717, 1.165) is 0 Å². The van der Waals surface area contributed by atoms with Crippen LogP contribution in [0.3, 0.4) is 0 Å². The summed E-state index contributed by atoms with van der Waals surface area (Å²) in [5, 5.41) is 3.00. The van der Waals surface area contributed by atoms with Crippen molar-refractivity contribution in [1.82, 2.24) is 5.16 Å². The fraction of sp³-hybridized carbons (Fsp3) is 0.286. The van der Waals surface area contributed by atoms with Gasteiger partial charge in [-0.2, -0.15) is 13.2 Å². The molecule has 2 aromatic rings. The molecule has 1 heterocycles. The van der Waals surface area contributed by atoms with Crippen LogP contribution in [0.15, 0.2) is 40.9 Å². The highest BCUT2D eigenvalue weighted by molar-refractivity contribution is 5.85. The maximum Gasteiger partial charge on any atom is 0.418 e. The molecule has 0 saturated carbocycles. The average Bonchev–Trinajstić information content (AvgIpc) is 2.93. The number of aromatic nitrogens is 1.